The molecule has 5 heteroatoms. The Labute approximate surface area is 145 Å². The maximum atomic E-state index is 12.0. The number of benzene rings is 1. The second-order valence-corrected chi connectivity index (χ2v) is 5.99. The summed E-state index contributed by atoms with van der Waals surface area (Å²) in [5, 5.41) is 0. The third-order valence-electron chi connectivity index (χ3n) is 4.51. The van der Waals surface area contributed by atoms with Gasteiger partial charge in [-0.3, -0.25) is 4.90 Å². The highest BCUT2D eigenvalue weighted by Gasteiger charge is 2.23. The summed E-state index contributed by atoms with van der Waals surface area (Å²) >= 11 is 0. The van der Waals surface area contributed by atoms with E-state index in [4.69, 9.17) is 9.47 Å². The highest BCUT2D eigenvalue weighted by Crippen LogP contribution is 2.29. The number of carbonyl (C=O) groups excluding carboxylic acids is 1. The lowest BCUT2D eigenvalue weighted by molar-refractivity contribution is 0.102. The molecule has 1 aliphatic heterocycles. The van der Waals surface area contributed by atoms with Gasteiger partial charge in [-0.25, -0.2) is 4.79 Å². The second-order valence-electron chi connectivity index (χ2n) is 5.99. The average Bonchev–Trinajstić information content (AvgIpc) is 2.59. The average molecular weight is 334 g/mol. The van der Waals surface area contributed by atoms with Crippen molar-refractivity contribution in [2.45, 2.75) is 47.2 Å². The molecule has 0 atom stereocenters. The van der Waals surface area contributed by atoms with Gasteiger partial charge in [-0.2, -0.15) is 0 Å². The Morgan fingerprint density at radius 3 is 2.50 bits per heavy atom. The number of hydrogen-bond donors (Lipinski definition) is 0. The molecule has 2 rings (SSSR count). The zero-order chi connectivity index (χ0) is 17.5. The van der Waals surface area contributed by atoms with Crippen LogP contribution < -0.4 is 4.74 Å². The predicted octanol–water partition coefficient (Wildman–Crippen LogP) is 3.44. The van der Waals surface area contributed by atoms with Crippen molar-refractivity contribution in [1.82, 2.24) is 9.80 Å². The van der Waals surface area contributed by atoms with Gasteiger partial charge in [0.05, 0.1) is 13.2 Å². The van der Waals surface area contributed by atoms with E-state index in [1.165, 1.54) is 16.7 Å². The molecule has 1 aromatic carbocycles. The van der Waals surface area contributed by atoms with Crippen molar-refractivity contribution in [1.29, 1.82) is 0 Å². The summed E-state index contributed by atoms with van der Waals surface area (Å²) in [6.07, 6.45) is 0.638. The van der Waals surface area contributed by atoms with E-state index in [0.29, 0.717) is 26.3 Å². The summed E-state index contributed by atoms with van der Waals surface area (Å²) in [4.78, 5) is 16.1. The number of carbonyl (C=O) groups is 1. The molecular weight excluding hydrogens is 304 g/mol. The first kappa shape index (κ1) is 18.6. The van der Waals surface area contributed by atoms with E-state index >= 15 is 0 Å². The van der Waals surface area contributed by atoms with Crippen molar-refractivity contribution in [2.24, 2.45) is 0 Å². The van der Waals surface area contributed by atoms with Gasteiger partial charge in [-0.1, -0.05) is 19.9 Å². The minimum atomic E-state index is -0.228. The first-order valence-corrected chi connectivity index (χ1v) is 9.04. The van der Waals surface area contributed by atoms with Crippen LogP contribution in [0.3, 0.4) is 0 Å². The first-order valence-electron chi connectivity index (χ1n) is 9.04. The van der Waals surface area contributed by atoms with Crippen LogP contribution in [-0.2, 0) is 24.2 Å². The van der Waals surface area contributed by atoms with Gasteiger partial charge >= 0.3 is 6.09 Å². The number of rotatable bonds is 7. The summed E-state index contributed by atoms with van der Waals surface area (Å²) in [6.45, 7) is 13.5. The van der Waals surface area contributed by atoms with E-state index in [2.05, 4.69) is 30.9 Å². The number of amides is 1. The molecule has 0 fully saturated rings. The summed E-state index contributed by atoms with van der Waals surface area (Å²) in [5.41, 5.74) is 3.73. The number of ether oxygens (including phenoxy) is 2. The fraction of sp³-hybridized carbons (Fsp3) is 0.632. The van der Waals surface area contributed by atoms with Crippen LogP contribution in [0.1, 0.15) is 44.4 Å². The van der Waals surface area contributed by atoms with Gasteiger partial charge in [0.2, 0.25) is 0 Å². The number of hydrogen-bond acceptors (Lipinski definition) is 4. The maximum Gasteiger partial charge on any atom is 0.410 e. The van der Waals surface area contributed by atoms with E-state index in [0.717, 1.165) is 31.8 Å². The molecule has 0 unspecified atom stereocenters. The zero-order valence-electron chi connectivity index (χ0n) is 15.4. The first-order chi connectivity index (χ1) is 11.6. The standard InChI is InChI=1S/C19H30N2O3/c1-5-20(6-2)13-17-11-15-9-10-21(19(22)24-8-4)14-16(15)12-18(17)23-7-3/h11-12H,5-10,13-14H2,1-4H3. The van der Waals surface area contributed by atoms with Crippen LogP contribution in [0.5, 0.6) is 5.75 Å². The largest absolute Gasteiger partial charge is 0.494 e. The molecule has 0 aromatic heterocycles. The maximum absolute atomic E-state index is 12.0. The van der Waals surface area contributed by atoms with Gasteiger partial charge in [-0.05, 0) is 50.6 Å². The summed E-state index contributed by atoms with van der Waals surface area (Å²) in [7, 11) is 0. The molecular formula is C19H30N2O3. The molecule has 0 spiro atoms. The fourth-order valence-corrected chi connectivity index (χ4v) is 3.11. The Kier molecular flexibility index (Phi) is 6.91. The predicted molar refractivity (Wildman–Crippen MR) is 95.4 cm³/mol. The van der Waals surface area contributed by atoms with Crippen LogP contribution in [0.2, 0.25) is 0 Å². The normalized spacial score (nSPS) is 13.8. The van der Waals surface area contributed by atoms with Crippen molar-refractivity contribution in [3.63, 3.8) is 0 Å². The topological polar surface area (TPSA) is 42.0 Å². The molecule has 1 heterocycles. The molecule has 0 saturated carbocycles. The lowest BCUT2D eigenvalue weighted by atomic mass is 9.96. The summed E-state index contributed by atoms with van der Waals surface area (Å²) in [5.74, 6) is 0.939. The molecule has 1 amide bonds. The molecule has 0 N–H and O–H groups in total. The Morgan fingerprint density at radius 1 is 1.12 bits per heavy atom. The molecule has 1 aliphatic rings. The van der Waals surface area contributed by atoms with Gasteiger partial charge in [-0.15, -0.1) is 0 Å². The highest BCUT2D eigenvalue weighted by molar-refractivity contribution is 5.68. The third kappa shape index (κ3) is 4.41. The Hall–Kier alpha value is -1.75. The fourth-order valence-electron chi connectivity index (χ4n) is 3.11. The molecule has 134 valence electrons. The van der Waals surface area contributed by atoms with Crippen LogP contribution >= 0.6 is 0 Å². The molecule has 24 heavy (non-hydrogen) atoms. The van der Waals surface area contributed by atoms with Crippen molar-refractivity contribution in [3.05, 3.63) is 28.8 Å². The molecule has 0 aliphatic carbocycles. The SMILES string of the molecule is CCOC(=O)N1CCc2cc(CN(CC)CC)c(OCC)cc2C1. The molecule has 0 saturated heterocycles. The smallest absolute Gasteiger partial charge is 0.410 e. The van der Waals surface area contributed by atoms with E-state index in [-0.39, 0.29) is 6.09 Å². The van der Waals surface area contributed by atoms with Crippen LogP contribution in [0.25, 0.3) is 0 Å². The zero-order valence-corrected chi connectivity index (χ0v) is 15.4. The number of nitrogens with zero attached hydrogens (tertiary/aromatic N) is 2. The number of fused-ring (bicyclic) bond motifs is 1. The quantitative estimate of drug-likeness (QED) is 0.766. The van der Waals surface area contributed by atoms with Crippen LogP contribution in [0.15, 0.2) is 12.1 Å². The monoisotopic (exact) mass is 334 g/mol. The van der Waals surface area contributed by atoms with Crippen LogP contribution in [0.4, 0.5) is 4.79 Å². The van der Waals surface area contributed by atoms with Crippen molar-refractivity contribution >= 4 is 6.09 Å². The van der Waals surface area contributed by atoms with E-state index in [9.17, 15) is 4.79 Å². The lowest BCUT2D eigenvalue weighted by Crippen LogP contribution is -2.36. The van der Waals surface area contributed by atoms with E-state index < -0.39 is 0 Å². The Bertz CT molecular complexity index is 556. The van der Waals surface area contributed by atoms with Gasteiger partial charge in [0, 0.05) is 25.2 Å². The van der Waals surface area contributed by atoms with Crippen molar-refractivity contribution in [3.8, 4) is 5.75 Å². The Morgan fingerprint density at radius 2 is 1.88 bits per heavy atom. The van der Waals surface area contributed by atoms with Gasteiger partial charge in [0.1, 0.15) is 5.75 Å². The van der Waals surface area contributed by atoms with Crippen molar-refractivity contribution < 1.29 is 14.3 Å². The Balaban J connectivity index is 2.24. The van der Waals surface area contributed by atoms with Crippen LogP contribution in [0, 0.1) is 0 Å². The highest BCUT2D eigenvalue weighted by atomic mass is 16.6. The molecule has 1 aromatic rings. The van der Waals surface area contributed by atoms with E-state index in [1.807, 2.05) is 13.8 Å². The summed E-state index contributed by atoms with van der Waals surface area (Å²) < 4.78 is 11.0. The van der Waals surface area contributed by atoms with Crippen molar-refractivity contribution in [2.75, 3.05) is 32.8 Å². The minimum absolute atomic E-state index is 0.228. The van der Waals surface area contributed by atoms with Gasteiger partial charge in [0.25, 0.3) is 0 Å². The van der Waals surface area contributed by atoms with Gasteiger partial charge in [0.15, 0.2) is 0 Å². The molecule has 5 nitrogen and oxygen atoms in total. The molecule has 0 bridgehead atoms. The second kappa shape index (κ2) is 8.92. The van der Waals surface area contributed by atoms with Gasteiger partial charge < -0.3 is 14.4 Å². The van der Waals surface area contributed by atoms with E-state index in [1.54, 1.807) is 4.90 Å². The lowest BCUT2D eigenvalue weighted by Gasteiger charge is -2.29. The minimum Gasteiger partial charge on any atom is -0.494 e. The molecule has 0 radical (unpaired) electrons. The summed E-state index contributed by atoms with van der Waals surface area (Å²) in [6, 6.07) is 4.38. The van der Waals surface area contributed by atoms with Crippen LogP contribution in [-0.4, -0.2) is 48.7 Å². The third-order valence-corrected chi connectivity index (χ3v) is 4.51.